The smallest absolute Gasteiger partial charge is 0.318 e. The first kappa shape index (κ1) is 16.3. The molecular formula is C13H23N3O4. The minimum Gasteiger partial charge on any atom is -0.481 e. The van der Waals surface area contributed by atoms with E-state index in [-0.39, 0.29) is 18.5 Å². The molecule has 1 aliphatic rings. The van der Waals surface area contributed by atoms with E-state index in [1.807, 2.05) is 6.92 Å². The predicted octanol–water partition coefficient (Wildman–Crippen LogP) is 0.407. The predicted molar refractivity (Wildman–Crippen MR) is 73.2 cm³/mol. The average Bonchev–Trinajstić information content (AvgIpc) is 2.44. The molecule has 2 atom stereocenters. The molecule has 0 bridgehead atoms. The molecule has 20 heavy (non-hydrogen) atoms. The van der Waals surface area contributed by atoms with Gasteiger partial charge in [0.1, 0.15) is 6.04 Å². The lowest BCUT2D eigenvalue weighted by Gasteiger charge is -2.31. The normalized spacial score (nSPS) is 20.1. The van der Waals surface area contributed by atoms with Crippen molar-refractivity contribution < 1.29 is 19.5 Å². The van der Waals surface area contributed by atoms with Crippen LogP contribution in [0.4, 0.5) is 4.79 Å². The third kappa shape index (κ3) is 4.71. The fraction of sp³-hybridized carbons (Fsp3) is 0.769. The zero-order valence-electron chi connectivity index (χ0n) is 12.0. The van der Waals surface area contributed by atoms with Gasteiger partial charge < -0.3 is 20.6 Å². The van der Waals surface area contributed by atoms with E-state index >= 15 is 0 Å². The van der Waals surface area contributed by atoms with Crippen LogP contribution in [0.1, 0.15) is 33.1 Å². The highest BCUT2D eigenvalue weighted by Crippen LogP contribution is 2.16. The second-order valence-electron chi connectivity index (χ2n) is 5.09. The summed E-state index contributed by atoms with van der Waals surface area (Å²) < 4.78 is 0. The third-order valence-electron chi connectivity index (χ3n) is 3.34. The van der Waals surface area contributed by atoms with Gasteiger partial charge in [0.25, 0.3) is 0 Å². The van der Waals surface area contributed by atoms with Crippen molar-refractivity contribution in [1.82, 2.24) is 15.5 Å². The fourth-order valence-corrected chi connectivity index (χ4v) is 2.11. The van der Waals surface area contributed by atoms with Crippen LogP contribution in [0.25, 0.3) is 0 Å². The van der Waals surface area contributed by atoms with Crippen LogP contribution in [-0.4, -0.2) is 53.6 Å². The average molecular weight is 285 g/mol. The molecule has 0 radical (unpaired) electrons. The molecule has 3 amide bonds. The van der Waals surface area contributed by atoms with Crippen molar-refractivity contribution in [2.45, 2.75) is 39.2 Å². The Morgan fingerprint density at radius 1 is 1.40 bits per heavy atom. The molecule has 0 spiro atoms. The van der Waals surface area contributed by atoms with Gasteiger partial charge in [-0.25, -0.2) is 4.79 Å². The van der Waals surface area contributed by atoms with Crippen LogP contribution < -0.4 is 10.6 Å². The Bertz CT molecular complexity index is 373. The van der Waals surface area contributed by atoms with Crippen LogP contribution in [0.15, 0.2) is 0 Å². The van der Waals surface area contributed by atoms with Gasteiger partial charge in [0.05, 0.1) is 5.92 Å². The van der Waals surface area contributed by atoms with E-state index in [0.717, 1.165) is 6.42 Å². The van der Waals surface area contributed by atoms with E-state index in [9.17, 15) is 14.4 Å². The summed E-state index contributed by atoms with van der Waals surface area (Å²) in [7, 11) is 0. The Kier molecular flexibility index (Phi) is 6.27. The van der Waals surface area contributed by atoms with Crippen molar-refractivity contribution in [3.63, 3.8) is 0 Å². The van der Waals surface area contributed by atoms with Crippen LogP contribution in [0.5, 0.6) is 0 Å². The lowest BCUT2D eigenvalue weighted by atomic mass is 9.99. The Morgan fingerprint density at radius 3 is 2.70 bits per heavy atom. The number of hydrogen-bond acceptors (Lipinski definition) is 3. The first-order valence-corrected chi connectivity index (χ1v) is 7.01. The van der Waals surface area contributed by atoms with Crippen molar-refractivity contribution in [1.29, 1.82) is 0 Å². The molecule has 0 aromatic rings. The summed E-state index contributed by atoms with van der Waals surface area (Å²) in [5.41, 5.74) is 0. The lowest BCUT2D eigenvalue weighted by Crippen LogP contribution is -2.52. The molecule has 0 saturated carbocycles. The Labute approximate surface area is 118 Å². The molecule has 1 aliphatic heterocycles. The minimum atomic E-state index is -0.878. The number of rotatable bonds is 5. The number of urea groups is 1. The van der Waals surface area contributed by atoms with Gasteiger partial charge in [-0.3, -0.25) is 9.59 Å². The first-order chi connectivity index (χ1) is 9.45. The molecule has 1 fully saturated rings. The summed E-state index contributed by atoms with van der Waals surface area (Å²) in [6, 6.07) is -1.01. The third-order valence-corrected chi connectivity index (χ3v) is 3.34. The summed E-state index contributed by atoms with van der Waals surface area (Å²) in [4.78, 5) is 36.1. The maximum atomic E-state index is 12.0. The number of carbonyl (C=O) groups is 3. The molecule has 1 saturated heterocycles. The number of nitrogens with zero attached hydrogens (tertiary/aromatic N) is 1. The largest absolute Gasteiger partial charge is 0.481 e. The SMILES string of the molecule is CCCNC(=O)C(C)NC(=O)N1CCCC(C(=O)O)C1. The van der Waals surface area contributed by atoms with Crippen LogP contribution >= 0.6 is 0 Å². The molecule has 7 heteroatoms. The van der Waals surface area contributed by atoms with Crippen molar-refractivity contribution in [2.24, 2.45) is 5.92 Å². The molecular weight excluding hydrogens is 262 g/mol. The lowest BCUT2D eigenvalue weighted by molar-refractivity contribution is -0.143. The van der Waals surface area contributed by atoms with Gasteiger partial charge in [-0.2, -0.15) is 0 Å². The summed E-state index contributed by atoms with van der Waals surface area (Å²) in [6.45, 7) is 4.86. The molecule has 1 rings (SSSR count). The van der Waals surface area contributed by atoms with Gasteiger partial charge in [-0.1, -0.05) is 6.92 Å². The maximum Gasteiger partial charge on any atom is 0.318 e. The highest BCUT2D eigenvalue weighted by atomic mass is 16.4. The van der Waals surface area contributed by atoms with Gasteiger partial charge in [0.15, 0.2) is 0 Å². The standard InChI is InChI=1S/C13H23N3O4/c1-3-6-14-11(17)9(2)15-13(20)16-7-4-5-10(8-16)12(18)19/h9-10H,3-8H2,1-2H3,(H,14,17)(H,15,20)(H,18,19). The molecule has 3 N–H and O–H groups in total. The van der Waals surface area contributed by atoms with Gasteiger partial charge in [-0.15, -0.1) is 0 Å². The second-order valence-corrected chi connectivity index (χ2v) is 5.09. The number of carbonyl (C=O) groups excluding carboxylic acids is 2. The molecule has 0 aliphatic carbocycles. The van der Waals surface area contributed by atoms with Crippen molar-refractivity contribution >= 4 is 17.9 Å². The van der Waals surface area contributed by atoms with Gasteiger partial charge >= 0.3 is 12.0 Å². The van der Waals surface area contributed by atoms with Crippen LogP contribution in [0, 0.1) is 5.92 Å². The quantitative estimate of drug-likeness (QED) is 0.681. The molecule has 0 aromatic heterocycles. The van der Waals surface area contributed by atoms with Crippen LogP contribution in [0.3, 0.4) is 0 Å². The van der Waals surface area contributed by atoms with E-state index in [2.05, 4.69) is 10.6 Å². The second kappa shape index (κ2) is 7.72. The van der Waals surface area contributed by atoms with Crippen LogP contribution in [0.2, 0.25) is 0 Å². The highest BCUT2D eigenvalue weighted by Gasteiger charge is 2.29. The topological polar surface area (TPSA) is 98.7 Å². The molecule has 7 nitrogen and oxygen atoms in total. The zero-order chi connectivity index (χ0) is 15.1. The molecule has 2 unspecified atom stereocenters. The number of piperidine rings is 1. The molecule has 1 heterocycles. The van der Waals surface area contributed by atoms with Gasteiger partial charge in [0, 0.05) is 19.6 Å². The van der Waals surface area contributed by atoms with E-state index in [1.165, 1.54) is 4.90 Å². The summed E-state index contributed by atoms with van der Waals surface area (Å²) >= 11 is 0. The Balaban J connectivity index is 2.45. The molecule has 0 aromatic carbocycles. The van der Waals surface area contributed by atoms with Crippen LogP contribution in [-0.2, 0) is 9.59 Å². The Hall–Kier alpha value is -1.79. The van der Waals surface area contributed by atoms with E-state index < -0.39 is 17.9 Å². The number of carboxylic acid groups (broad SMARTS) is 1. The zero-order valence-corrected chi connectivity index (χ0v) is 12.0. The van der Waals surface area contributed by atoms with Gasteiger partial charge in [0.2, 0.25) is 5.91 Å². The van der Waals surface area contributed by atoms with Gasteiger partial charge in [-0.05, 0) is 26.2 Å². The number of amides is 3. The van der Waals surface area contributed by atoms with E-state index in [0.29, 0.717) is 25.9 Å². The summed E-state index contributed by atoms with van der Waals surface area (Å²) in [5, 5.41) is 14.3. The van der Waals surface area contributed by atoms with Crippen molar-refractivity contribution in [2.75, 3.05) is 19.6 Å². The Morgan fingerprint density at radius 2 is 2.10 bits per heavy atom. The number of hydrogen-bond donors (Lipinski definition) is 3. The maximum absolute atomic E-state index is 12.0. The fourth-order valence-electron chi connectivity index (χ4n) is 2.11. The minimum absolute atomic E-state index is 0.199. The number of nitrogens with one attached hydrogen (secondary N) is 2. The first-order valence-electron chi connectivity index (χ1n) is 7.01. The highest BCUT2D eigenvalue weighted by molar-refractivity contribution is 5.86. The monoisotopic (exact) mass is 285 g/mol. The number of likely N-dealkylation sites (tertiary alicyclic amines) is 1. The van der Waals surface area contributed by atoms with Crippen molar-refractivity contribution in [3.8, 4) is 0 Å². The van der Waals surface area contributed by atoms with E-state index in [4.69, 9.17) is 5.11 Å². The number of aliphatic carboxylic acids is 1. The summed E-state index contributed by atoms with van der Waals surface area (Å²) in [6.07, 6.45) is 2.09. The molecule has 114 valence electrons. The van der Waals surface area contributed by atoms with E-state index in [1.54, 1.807) is 6.92 Å². The van der Waals surface area contributed by atoms with Crippen molar-refractivity contribution in [3.05, 3.63) is 0 Å². The number of carboxylic acids is 1. The summed E-state index contributed by atoms with van der Waals surface area (Å²) in [5.74, 6) is -1.62.